The molecule has 3 aromatic rings. The number of amides is 2. The number of nitrogens with zero attached hydrogens (tertiary/aromatic N) is 4. The molecule has 4 rings (SSSR count). The molecule has 0 bridgehead atoms. The lowest BCUT2D eigenvalue weighted by atomic mass is 9.92. The van der Waals surface area contributed by atoms with E-state index in [1.807, 2.05) is 48.2 Å². The third-order valence-corrected chi connectivity index (χ3v) is 5.61. The molecule has 1 N–H and O–H groups in total. The molecule has 1 saturated heterocycles. The molecule has 0 radical (unpaired) electrons. The zero-order valence-corrected chi connectivity index (χ0v) is 17.4. The molecule has 0 aliphatic carbocycles. The van der Waals surface area contributed by atoms with Crippen LogP contribution in [0.15, 0.2) is 67.1 Å². The first-order valence-corrected chi connectivity index (χ1v) is 10.5. The molecule has 158 valence electrons. The highest BCUT2D eigenvalue weighted by molar-refractivity contribution is 5.94. The van der Waals surface area contributed by atoms with Crippen molar-refractivity contribution in [3.63, 3.8) is 0 Å². The van der Waals surface area contributed by atoms with Crippen LogP contribution in [0.2, 0.25) is 0 Å². The van der Waals surface area contributed by atoms with Crippen LogP contribution in [0.25, 0.3) is 0 Å². The first-order chi connectivity index (χ1) is 15.1. The van der Waals surface area contributed by atoms with Gasteiger partial charge in [0.15, 0.2) is 0 Å². The monoisotopic (exact) mass is 415 g/mol. The molecule has 1 atom stereocenters. The average molecular weight is 415 g/mol. The molecule has 1 aliphatic heterocycles. The first kappa shape index (κ1) is 20.7. The Hall–Kier alpha value is -3.61. The molecule has 4 heterocycles. The van der Waals surface area contributed by atoms with Crippen LogP contribution in [0.3, 0.4) is 0 Å². The second-order valence-electron chi connectivity index (χ2n) is 7.70. The molecule has 1 aliphatic rings. The molecule has 2 amide bonds. The second kappa shape index (κ2) is 9.47. The summed E-state index contributed by atoms with van der Waals surface area (Å²) in [6.07, 6.45) is 6.66. The average Bonchev–Trinajstić information content (AvgIpc) is 2.85. The number of hydrogen-bond acceptors (Lipinski definition) is 5. The zero-order chi connectivity index (χ0) is 21.6. The quantitative estimate of drug-likeness (QED) is 0.690. The van der Waals surface area contributed by atoms with Gasteiger partial charge in [-0.05, 0) is 56.2 Å². The Morgan fingerprint density at radius 1 is 0.968 bits per heavy atom. The third-order valence-electron chi connectivity index (χ3n) is 5.61. The Balaban J connectivity index is 1.32. The minimum absolute atomic E-state index is 0.0268. The van der Waals surface area contributed by atoms with E-state index in [0.717, 1.165) is 24.2 Å². The van der Waals surface area contributed by atoms with Gasteiger partial charge in [-0.1, -0.05) is 12.1 Å². The van der Waals surface area contributed by atoms with Crippen LogP contribution >= 0.6 is 0 Å². The van der Waals surface area contributed by atoms with Crippen LogP contribution in [0, 0.1) is 0 Å². The van der Waals surface area contributed by atoms with E-state index < -0.39 is 0 Å². The lowest BCUT2D eigenvalue weighted by molar-refractivity contribution is 0.0705. The van der Waals surface area contributed by atoms with E-state index in [9.17, 15) is 9.59 Å². The topological polar surface area (TPSA) is 88.1 Å². The van der Waals surface area contributed by atoms with Crippen molar-refractivity contribution in [2.75, 3.05) is 13.1 Å². The van der Waals surface area contributed by atoms with Gasteiger partial charge in [-0.25, -0.2) is 0 Å². The van der Waals surface area contributed by atoms with E-state index in [-0.39, 0.29) is 23.8 Å². The van der Waals surface area contributed by atoms with Crippen molar-refractivity contribution >= 4 is 11.8 Å². The van der Waals surface area contributed by atoms with Crippen molar-refractivity contribution in [1.29, 1.82) is 0 Å². The molecule has 0 saturated carbocycles. The Labute approximate surface area is 181 Å². The molecule has 3 aromatic heterocycles. The Kier molecular flexibility index (Phi) is 6.31. The van der Waals surface area contributed by atoms with Crippen LogP contribution in [0.4, 0.5) is 0 Å². The van der Waals surface area contributed by atoms with Gasteiger partial charge in [0.1, 0.15) is 5.69 Å². The normalized spacial score (nSPS) is 15.3. The van der Waals surface area contributed by atoms with Gasteiger partial charge in [0.2, 0.25) is 0 Å². The van der Waals surface area contributed by atoms with Crippen LogP contribution in [-0.2, 0) is 0 Å². The summed E-state index contributed by atoms with van der Waals surface area (Å²) in [7, 11) is 0. The summed E-state index contributed by atoms with van der Waals surface area (Å²) < 4.78 is 0. The molecule has 0 spiro atoms. The van der Waals surface area contributed by atoms with Crippen molar-refractivity contribution in [2.24, 2.45) is 0 Å². The number of aromatic nitrogens is 3. The summed E-state index contributed by atoms with van der Waals surface area (Å²) in [5.41, 5.74) is 2.77. The number of rotatable bonds is 5. The van der Waals surface area contributed by atoms with E-state index in [2.05, 4.69) is 20.3 Å². The van der Waals surface area contributed by atoms with E-state index in [1.54, 1.807) is 30.7 Å². The molecule has 0 unspecified atom stereocenters. The van der Waals surface area contributed by atoms with Gasteiger partial charge in [0.25, 0.3) is 11.8 Å². The Bertz CT molecular complexity index is 1020. The first-order valence-electron chi connectivity index (χ1n) is 10.5. The Morgan fingerprint density at radius 2 is 1.71 bits per heavy atom. The van der Waals surface area contributed by atoms with E-state index in [1.165, 1.54) is 0 Å². The molecular formula is C24H25N5O2. The predicted molar refractivity (Wildman–Crippen MR) is 116 cm³/mol. The van der Waals surface area contributed by atoms with Crippen LogP contribution in [0.1, 0.15) is 64.0 Å². The summed E-state index contributed by atoms with van der Waals surface area (Å²) in [6, 6.07) is 14.6. The summed E-state index contributed by atoms with van der Waals surface area (Å²) in [5, 5.41) is 2.95. The fourth-order valence-corrected chi connectivity index (χ4v) is 3.80. The summed E-state index contributed by atoms with van der Waals surface area (Å²) >= 11 is 0. The fourth-order valence-electron chi connectivity index (χ4n) is 3.80. The third kappa shape index (κ3) is 4.94. The maximum absolute atomic E-state index is 12.6. The number of hydrogen-bond donors (Lipinski definition) is 1. The fraction of sp³-hybridized carbons (Fsp3) is 0.292. The van der Waals surface area contributed by atoms with Gasteiger partial charge in [-0.15, -0.1) is 0 Å². The van der Waals surface area contributed by atoms with Crippen LogP contribution in [-0.4, -0.2) is 44.8 Å². The van der Waals surface area contributed by atoms with Gasteiger partial charge >= 0.3 is 0 Å². The van der Waals surface area contributed by atoms with Crippen molar-refractivity contribution in [2.45, 2.75) is 31.7 Å². The van der Waals surface area contributed by atoms with Crippen molar-refractivity contribution in [1.82, 2.24) is 25.2 Å². The summed E-state index contributed by atoms with van der Waals surface area (Å²) in [6.45, 7) is 3.25. The largest absolute Gasteiger partial charge is 0.344 e. The number of likely N-dealkylation sites (tertiary alicyclic amines) is 1. The molecule has 1 fully saturated rings. The van der Waals surface area contributed by atoms with Gasteiger partial charge < -0.3 is 10.2 Å². The minimum Gasteiger partial charge on any atom is -0.344 e. The van der Waals surface area contributed by atoms with E-state index in [4.69, 9.17) is 0 Å². The lowest BCUT2D eigenvalue weighted by Gasteiger charge is -2.31. The molecule has 7 heteroatoms. The lowest BCUT2D eigenvalue weighted by Crippen LogP contribution is -2.38. The van der Waals surface area contributed by atoms with Crippen LogP contribution in [0.5, 0.6) is 0 Å². The maximum Gasteiger partial charge on any atom is 0.272 e. The van der Waals surface area contributed by atoms with Gasteiger partial charge in [0.05, 0.1) is 17.3 Å². The number of nitrogens with one attached hydrogen (secondary N) is 1. The smallest absolute Gasteiger partial charge is 0.272 e. The van der Waals surface area contributed by atoms with E-state index in [0.29, 0.717) is 24.3 Å². The SMILES string of the molecule is C[C@@H](NC(=O)c1ccc(C2CCN(C(=O)c3ccccn3)CC2)nc1)c1ccccn1. The Morgan fingerprint density at radius 3 is 2.32 bits per heavy atom. The molecule has 7 nitrogen and oxygen atoms in total. The highest BCUT2D eigenvalue weighted by Gasteiger charge is 2.26. The highest BCUT2D eigenvalue weighted by Crippen LogP contribution is 2.27. The maximum atomic E-state index is 12.6. The van der Waals surface area contributed by atoms with Crippen LogP contribution < -0.4 is 5.32 Å². The zero-order valence-electron chi connectivity index (χ0n) is 17.4. The number of carbonyl (C=O) groups is 2. The predicted octanol–water partition coefficient (Wildman–Crippen LogP) is 3.38. The standard InChI is InChI=1S/C24H25N5O2/c1-17(20-6-2-4-12-25-20)28-23(30)19-8-9-21(27-16-19)18-10-14-29(15-11-18)24(31)22-7-3-5-13-26-22/h2-9,12-13,16-18H,10-11,14-15H2,1H3,(H,28,30)/t17-/m1/s1. The number of piperidine rings is 1. The number of carbonyl (C=O) groups excluding carboxylic acids is 2. The minimum atomic E-state index is -0.186. The van der Waals surface area contributed by atoms with E-state index >= 15 is 0 Å². The van der Waals surface area contributed by atoms with Crippen molar-refractivity contribution < 1.29 is 9.59 Å². The summed E-state index contributed by atoms with van der Waals surface area (Å²) in [4.78, 5) is 39.9. The van der Waals surface area contributed by atoms with Gasteiger partial charge in [-0.3, -0.25) is 24.5 Å². The van der Waals surface area contributed by atoms with Crippen molar-refractivity contribution in [3.8, 4) is 0 Å². The van der Waals surface area contributed by atoms with Crippen molar-refractivity contribution in [3.05, 3.63) is 89.8 Å². The van der Waals surface area contributed by atoms with Gasteiger partial charge in [0, 0.05) is 43.3 Å². The molecule has 0 aromatic carbocycles. The summed E-state index contributed by atoms with van der Waals surface area (Å²) in [5.74, 6) is 0.0753. The highest BCUT2D eigenvalue weighted by atomic mass is 16.2. The molecule has 31 heavy (non-hydrogen) atoms. The molecular weight excluding hydrogens is 390 g/mol. The second-order valence-corrected chi connectivity index (χ2v) is 7.70. The van der Waals surface area contributed by atoms with Gasteiger partial charge in [-0.2, -0.15) is 0 Å². The number of pyridine rings is 3.